The number of hydrogen-bond acceptors (Lipinski definition) is 3. The van der Waals surface area contributed by atoms with Crippen LogP contribution >= 0.6 is 0 Å². The highest BCUT2D eigenvalue weighted by atomic mass is 16.6. The fourth-order valence-corrected chi connectivity index (χ4v) is 1.95. The number of ether oxygens (including phenoxy) is 1. The first kappa shape index (κ1) is 11.3. The summed E-state index contributed by atoms with van der Waals surface area (Å²) in [5.41, 5.74) is 5.08. The van der Waals surface area contributed by atoms with Crippen molar-refractivity contribution >= 4 is 6.09 Å². The zero-order chi connectivity index (χ0) is 10.8. The molecule has 4 nitrogen and oxygen atoms in total. The van der Waals surface area contributed by atoms with Gasteiger partial charge in [-0.1, -0.05) is 0 Å². The van der Waals surface area contributed by atoms with E-state index in [2.05, 4.69) is 26.1 Å². The Kier molecular flexibility index (Phi) is 3.37. The van der Waals surface area contributed by atoms with Crippen LogP contribution in [0.15, 0.2) is 0 Å². The van der Waals surface area contributed by atoms with Gasteiger partial charge in [0, 0.05) is 11.6 Å². The van der Waals surface area contributed by atoms with Crippen LogP contribution in [0.3, 0.4) is 0 Å². The van der Waals surface area contributed by atoms with Crippen LogP contribution in [-0.2, 0) is 4.74 Å². The van der Waals surface area contributed by atoms with Gasteiger partial charge >= 0.3 is 6.09 Å². The van der Waals surface area contributed by atoms with Crippen molar-refractivity contribution < 1.29 is 9.53 Å². The molecule has 82 valence electrons. The molecule has 0 aliphatic heterocycles. The molecule has 0 aromatic carbocycles. The van der Waals surface area contributed by atoms with Crippen molar-refractivity contribution in [2.24, 2.45) is 5.73 Å². The van der Waals surface area contributed by atoms with Gasteiger partial charge in [0.25, 0.3) is 0 Å². The molecule has 2 atom stereocenters. The summed E-state index contributed by atoms with van der Waals surface area (Å²) < 4.78 is 4.95. The van der Waals surface area contributed by atoms with Gasteiger partial charge in [0.15, 0.2) is 0 Å². The standard InChI is InChI=1S/C10H20N2O2/c1-10(2,3)12-7-4-5-8(6-7)14-9(11)13/h7-8,12H,4-6H2,1-3H3,(H2,11,13)/t7-,8-/m0/s1. The lowest BCUT2D eigenvalue weighted by Crippen LogP contribution is -2.42. The smallest absolute Gasteiger partial charge is 0.404 e. The summed E-state index contributed by atoms with van der Waals surface area (Å²) in [7, 11) is 0. The molecule has 14 heavy (non-hydrogen) atoms. The lowest BCUT2D eigenvalue weighted by atomic mass is 10.1. The summed E-state index contributed by atoms with van der Waals surface area (Å²) in [6.45, 7) is 6.40. The fourth-order valence-electron chi connectivity index (χ4n) is 1.95. The molecule has 0 unspecified atom stereocenters. The third-order valence-corrected chi connectivity index (χ3v) is 2.30. The van der Waals surface area contributed by atoms with Gasteiger partial charge in [0.1, 0.15) is 6.10 Å². The third kappa shape index (κ3) is 3.96. The molecular formula is C10H20N2O2. The average Bonchev–Trinajstić information content (AvgIpc) is 2.30. The minimum Gasteiger partial charge on any atom is -0.446 e. The summed E-state index contributed by atoms with van der Waals surface area (Å²) in [6.07, 6.45) is 2.19. The molecule has 1 rings (SSSR count). The molecular weight excluding hydrogens is 180 g/mol. The molecule has 0 aromatic rings. The molecule has 3 N–H and O–H groups in total. The van der Waals surface area contributed by atoms with E-state index in [4.69, 9.17) is 10.5 Å². The van der Waals surface area contributed by atoms with Crippen LogP contribution < -0.4 is 11.1 Å². The van der Waals surface area contributed by atoms with E-state index in [-0.39, 0.29) is 11.6 Å². The number of nitrogens with two attached hydrogens (primary N) is 1. The monoisotopic (exact) mass is 200 g/mol. The van der Waals surface area contributed by atoms with E-state index in [0.717, 1.165) is 19.3 Å². The van der Waals surface area contributed by atoms with Gasteiger partial charge in [-0.3, -0.25) is 0 Å². The van der Waals surface area contributed by atoms with Crippen LogP contribution in [0.25, 0.3) is 0 Å². The first-order chi connectivity index (χ1) is 6.37. The summed E-state index contributed by atoms with van der Waals surface area (Å²) in [5.74, 6) is 0. The minimum absolute atomic E-state index is 0.00681. The van der Waals surface area contributed by atoms with E-state index in [1.165, 1.54) is 0 Å². The van der Waals surface area contributed by atoms with E-state index in [1.807, 2.05) is 0 Å². The Bertz CT molecular complexity index is 211. The summed E-state index contributed by atoms with van der Waals surface area (Å²) in [6, 6.07) is 0.444. The molecule has 1 aliphatic carbocycles. The van der Waals surface area contributed by atoms with Crippen LogP contribution in [0.4, 0.5) is 4.79 Å². The Labute approximate surface area is 85.2 Å². The van der Waals surface area contributed by atoms with E-state index in [1.54, 1.807) is 0 Å². The Hall–Kier alpha value is -0.770. The van der Waals surface area contributed by atoms with E-state index in [9.17, 15) is 4.79 Å². The Morgan fingerprint density at radius 3 is 2.57 bits per heavy atom. The predicted octanol–water partition coefficient (Wildman–Crippen LogP) is 1.39. The van der Waals surface area contributed by atoms with Gasteiger partial charge in [-0.2, -0.15) is 0 Å². The van der Waals surface area contributed by atoms with Gasteiger partial charge in [-0.25, -0.2) is 4.79 Å². The zero-order valence-electron chi connectivity index (χ0n) is 9.17. The third-order valence-electron chi connectivity index (χ3n) is 2.30. The molecule has 0 heterocycles. The molecule has 1 saturated carbocycles. The summed E-state index contributed by atoms with van der Waals surface area (Å²) in [5, 5.41) is 3.49. The van der Waals surface area contributed by atoms with Crippen LogP contribution in [0, 0.1) is 0 Å². The molecule has 1 fully saturated rings. The van der Waals surface area contributed by atoms with E-state index >= 15 is 0 Å². The topological polar surface area (TPSA) is 64.3 Å². The first-order valence-electron chi connectivity index (χ1n) is 5.10. The van der Waals surface area contributed by atoms with Crippen molar-refractivity contribution in [3.05, 3.63) is 0 Å². The number of primary amides is 1. The van der Waals surface area contributed by atoms with E-state index in [0.29, 0.717) is 6.04 Å². The fraction of sp³-hybridized carbons (Fsp3) is 0.900. The van der Waals surface area contributed by atoms with Crippen LogP contribution in [0.2, 0.25) is 0 Å². The summed E-state index contributed by atoms with van der Waals surface area (Å²) >= 11 is 0. The average molecular weight is 200 g/mol. The highest BCUT2D eigenvalue weighted by molar-refractivity contribution is 5.64. The Balaban J connectivity index is 2.31. The second kappa shape index (κ2) is 4.17. The van der Waals surface area contributed by atoms with Crippen molar-refractivity contribution in [3.63, 3.8) is 0 Å². The van der Waals surface area contributed by atoms with Crippen molar-refractivity contribution in [1.29, 1.82) is 0 Å². The SMILES string of the molecule is CC(C)(C)N[C@H]1CC[C@H](OC(N)=O)C1. The number of carbonyl (C=O) groups is 1. The first-order valence-corrected chi connectivity index (χ1v) is 5.10. The molecule has 1 amide bonds. The molecule has 0 saturated heterocycles. The van der Waals surface area contributed by atoms with Crippen LogP contribution in [-0.4, -0.2) is 23.8 Å². The highest BCUT2D eigenvalue weighted by Gasteiger charge is 2.29. The quantitative estimate of drug-likeness (QED) is 0.708. The Morgan fingerprint density at radius 1 is 1.43 bits per heavy atom. The molecule has 4 heteroatoms. The zero-order valence-corrected chi connectivity index (χ0v) is 9.17. The van der Waals surface area contributed by atoms with Gasteiger partial charge in [-0.05, 0) is 40.0 Å². The lowest BCUT2D eigenvalue weighted by molar-refractivity contribution is 0.108. The highest BCUT2D eigenvalue weighted by Crippen LogP contribution is 2.23. The van der Waals surface area contributed by atoms with Crippen molar-refractivity contribution in [2.45, 2.75) is 57.7 Å². The minimum atomic E-state index is -0.661. The van der Waals surface area contributed by atoms with Crippen LogP contribution in [0.5, 0.6) is 0 Å². The lowest BCUT2D eigenvalue weighted by Gasteiger charge is -2.25. The van der Waals surface area contributed by atoms with Gasteiger partial charge in [-0.15, -0.1) is 0 Å². The van der Waals surface area contributed by atoms with Crippen molar-refractivity contribution in [3.8, 4) is 0 Å². The number of carbonyl (C=O) groups excluding carboxylic acids is 1. The maximum Gasteiger partial charge on any atom is 0.404 e. The maximum atomic E-state index is 10.5. The summed E-state index contributed by atoms with van der Waals surface area (Å²) in [4.78, 5) is 10.5. The van der Waals surface area contributed by atoms with E-state index < -0.39 is 6.09 Å². The second-order valence-electron chi connectivity index (χ2n) is 4.96. The number of hydrogen-bond donors (Lipinski definition) is 2. The molecule has 1 aliphatic rings. The van der Waals surface area contributed by atoms with Gasteiger partial charge < -0.3 is 15.8 Å². The Morgan fingerprint density at radius 2 is 2.07 bits per heavy atom. The predicted molar refractivity (Wildman–Crippen MR) is 55.0 cm³/mol. The molecule has 0 bridgehead atoms. The van der Waals surface area contributed by atoms with Gasteiger partial charge in [0.2, 0.25) is 0 Å². The molecule has 0 spiro atoms. The number of nitrogens with one attached hydrogen (secondary N) is 1. The van der Waals surface area contributed by atoms with Crippen molar-refractivity contribution in [2.75, 3.05) is 0 Å². The second-order valence-corrected chi connectivity index (χ2v) is 4.96. The number of rotatable bonds is 2. The van der Waals surface area contributed by atoms with Gasteiger partial charge in [0.05, 0.1) is 0 Å². The molecule has 0 radical (unpaired) electrons. The maximum absolute atomic E-state index is 10.5. The van der Waals surface area contributed by atoms with Crippen LogP contribution in [0.1, 0.15) is 40.0 Å². The number of amides is 1. The largest absolute Gasteiger partial charge is 0.446 e. The normalized spacial score (nSPS) is 27.6. The molecule has 0 aromatic heterocycles. The van der Waals surface area contributed by atoms with Crippen molar-refractivity contribution in [1.82, 2.24) is 5.32 Å².